The summed E-state index contributed by atoms with van der Waals surface area (Å²) in [5.41, 5.74) is 1.49. The summed E-state index contributed by atoms with van der Waals surface area (Å²) in [5.74, 6) is 0.603. The van der Waals surface area contributed by atoms with Gasteiger partial charge in [0.25, 0.3) is 0 Å². The van der Waals surface area contributed by atoms with Crippen LogP contribution in [0, 0.1) is 11.3 Å². The van der Waals surface area contributed by atoms with Crippen LogP contribution in [0.15, 0.2) is 18.2 Å². The van der Waals surface area contributed by atoms with Crippen molar-refractivity contribution in [3.63, 3.8) is 0 Å². The number of nitrogens with zero attached hydrogens (tertiary/aromatic N) is 1. The lowest BCUT2D eigenvalue weighted by Gasteiger charge is -2.28. The predicted molar refractivity (Wildman–Crippen MR) is 72.8 cm³/mol. The largest absolute Gasteiger partial charge is 0.495 e. The van der Waals surface area contributed by atoms with E-state index in [-0.39, 0.29) is 12.1 Å². The molecular formula is C15H20N2O2. The van der Waals surface area contributed by atoms with Crippen LogP contribution in [0.1, 0.15) is 36.8 Å². The molecule has 4 heteroatoms. The van der Waals surface area contributed by atoms with Crippen LogP contribution in [0.5, 0.6) is 5.75 Å². The molecule has 0 unspecified atom stereocenters. The predicted octanol–water partition coefficient (Wildman–Crippen LogP) is 1.96. The summed E-state index contributed by atoms with van der Waals surface area (Å²) in [6.07, 6.45) is 4.39. The van der Waals surface area contributed by atoms with E-state index in [1.165, 1.54) is 12.8 Å². The molecule has 0 amide bonds. The second kappa shape index (κ2) is 6.05. The number of nitriles is 1. The topological polar surface area (TPSA) is 65.3 Å². The number of rotatable bonds is 5. The summed E-state index contributed by atoms with van der Waals surface area (Å²) in [6.45, 7) is 0.864. The highest BCUT2D eigenvalue weighted by atomic mass is 16.5. The third-order valence-corrected chi connectivity index (χ3v) is 3.92. The summed E-state index contributed by atoms with van der Waals surface area (Å²) < 4.78 is 5.20. The fourth-order valence-electron chi connectivity index (χ4n) is 2.67. The summed E-state index contributed by atoms with van der Waals surface area (Å²) in [7, 11) is 1.57. The van der Waals surface area contributed by atoms with Crippen LogP contribution in [-0.2, 0) is 6.54 Å². The second-order valence-corrected chi connectivity index (χ2v) is 5.15. The van der Waals surface area contributed by atoms with Gasteiger partial charge in [0, 0.05) is 12.1 Å². The van der Waals surface area contributed by atoms with Crippen molar-refractivity contribution >= 4 is 0 Å². The number of ether oxygens (including phenoxy) is 1. The minimum Gasteiger partial charge on any atom is -0.495 e. The number of aliphatic hydroxyl groups is 1. The molecule has 0 bridgehead atoms. The Bertz CT molecular complexity index is 474. The van der Waals surface area contributed by atoms with Crippen LogP contribution in [0.25, 0.3) is 0 Å². The molecule has 0 aliphatic heterocycles. The normalized spacial score (nSPS) is 17.1. The fraction of sp³-hybridized carbons (Fsp3) is 0.533. The van der Waals surface area contributed by atoms with Gasteiger partial charge in [0.05, 0.1) is 19.3 Å². The minimum atomic E-state index is -0.124. The van der Waals surface area contributed by atoms with Gasteiger partial charge in [-0.15, -0.1) is 0 Å². The lowest BCUT2D eigenvalue weighted by atomic mass is 9.98. The Balaban J connectivity index is 2.05. The van der Waals surface area contributed by atoms with Crippen molar-refractivity contribution in [2.45, 2.75) is 37.8 Å². The first kappa shape index (κ1) is 13.9. The highest BCUT2D eigenvalue weighted by Crippen LogP contribution is 2.29. The maximum Gasteiger partial charge on any atom is 0.136 e. The molecule has 0 aromatic heterocycles. The van der Waals surface area contributed by atoms with E-state index < -0.39 is 0 Å². The van der Waals surface area contributed by atoms with E-state index in [2.05, 4.69) is 11.4 Å². The molecule has 2 N–H and O–H groups in total. The maximum absolute atomic E-state index is 9.55. The Morgan fingerprint density at radius 3 is 2.74 bits per heavy atom. The van der Waals surface area contributed by atoms with Gasteiger partial charge >= 0.3 is 0 Å². The summed E-state index contributed by atoms with van der Waals surface area (Å²) >= 11 is 0. The first-order valence-electron chi connectivity index (χ1n) is 6.66. The maximum atomic E-state index is 9.55. The van der Waals surface area contributed by atoms with Gasteiger partial charge < -0.3 is 15.2 Å². The molecule has 1 saturated carbocycles. The highest BCUT2D eigenvalue weighted by Gasteiger charge is 2.32. The fourth-order valence-corrected chi connectivity index (χ4v) is 2.67. The van der Waals surface area contributed by atoms with Crippen LogP contribution < -0.4 is 10.1 Å². The zero-order chi connectivity index (χ0) is 13.7. The van der Waals surface area contributed by atoms with Crippen molar-refractivity contribution < 1.29 is 9.84 Å². The van der Waals surface area contributed by atoms with Crippen molar-refractivity contribution in [2.75, 3.05) is 13.7 Å². The van der Waals surface area contributed by atoms with Crippen molar-refractivity contribution in [1.29, 1.82) is 5.26 Å². The monoisotopic (exact) mass is 260 g/mol. The molecule has 0 atom stereocenters. The molecule has 0 spiro atoms. The number of hydrogen-bond donors (Lipinski definition) is 2. The van der Waals surface area contributed by atoms with E-state index in [4.69, 9.17) is 10.00 Å². The molecule has 1 aromatic carbocycles. The molecule has 1 aromatic rings. The Morgan fingerprint density at radius 2 is 2.16 bits per heavy atom. The number of hydrogen-bond acceptors (Lipinski definition) is 4. The lowest BCUT2D eigenvalue weighted by molar-refractivity contribution is 0.163. The van der Waals surface area contributed by atoms with E-state index in [1.807, 2.05) is 12.1 Å². The van der Waals surface area contributed by atoms with Crippen LogP contribution in [-0.4, -0.2) is 24.4 Å². The molecular weight excluding hydrogens is 240 g/mol. The van der Waals surface area contributed by atoms with Gasteiger partial charge in [-0.3, -0.25) is 0 Å². The molecule has 0 heterocycles. The third-order valence-electron chi connectivity index (χ3n) is 3.92. The van der Waals surface area contributed by atoms with Gasteiger partial charge in [0.1, 0.15) is 11.8 Å². The van der Waals surface area contributed by atoms with Crippen LogP contribution in [0.2, 0.25) is 0 Å². The second-order valence-electron chi connectivity index (χ2n) is 5.15. The summed E-state index contributed by atoms with van der Waals surface area (Å²) in [5, 5.41) is 22.0. The van der Waals surface area contributed by atoms with Crippen molar-refractivity contribution in [2.24, 2.45) is 0 Å². The van der Waals surface area contributed by atoms with Gasteiger partial charge in [-0.05, 0) is 30.5 Å². The molecule has 1 aliphatic carbocycles. The average molecular weight is 260 g/mol. The molecule has 1 aliphatic rings. The zero-order valence-electron chi connectivity index (χ0n) is 11.3. The van der Waals surface area contributed by atoms with Crippen LogP contribution in [0.3, 0.4) is 0 Å². The van der Waals surface area contributed by atoms with Crippen molar-refractivity contribution in [3.8, 4) is 11.8 Å². The van der Waals surface area contributed by atoms with E-state index in [9.17, 15) is 5.11 Å². The number of nitrogens with one attached hydrogen (secondary N) is 1. The number of aliphatic hydroxyl groups excluding tert-OH is 1. The van der Waals surface area contributed by atoms with Gasteiger partial charge in [0.15, 0.2) is 0 Å². The quantitative estimate of drug-likeness (QED) is 0.849. The molecule has 1 fully saturated rings. The highest BCUT2D eigenvalue weighted by molar-refractivity contribution is 5.45. The SMILES string of the molecule is COc1cc(CNC2(CO)CCCC2)ccc1C#N. The Kier molecular flexibility index (Phi) is 4.41. The van der Waals surface area contributed by atoms with Crippen LogP contribution in [0.4, 0.5) is 0 Å². The molecule has 4 nitrogen and oxygen atoms in total. The van der Waals surface area contributed by atoms with E-state index in [0.717, 1.165) is 18.4 Å². The average Bonchev–Trinajstić information content (AvgIpc) is 2.94. The van der Waals surface area contributed by atoms with E-state index >= 15 is 0 Å². The molecule has 2 rings (SSSR count). The third kappa shape index (κ3) is 3.06. The number of methoxy groups -OCH3 is 1. The van der Waals surface area contributed by atoms with Gasteiger partial charge in [-0.25, -0.2) is 0 Å². The smallest absolute Gasteiger partial charge is 0.136 e. The van der Waals surface area contributed by atoms with E-state index in [0.29, 0.717) is 17.9 Å². The van der Waals surface area contributed by atoms with Gasteiger partial charge in [-0.2, -0.15) is 5.26 Å². The zero-order valence-corrected chi connectivity index (χ0v) is 11.3. The molecule has 102 valence electrons. The molecule has 0 radical (unpaired) electrons. The lowest BCUT2D eigenvalue weighted by Crippen LogP contribution is -2.45. The Labute approximate surface area is 114 Å². The first-order chi connectivity index (χ1) is 9.23. The van der Waals surface area contributed by atoms with Crippen molar-refractivity contribution in [1.82, 2.24) is 5.32 Å². The first-order valence-corrected chi connectivity index (χ1v) is 6.66. The standard InChI is InChI=1S/C15H20N2O2/c1-19-14-8-12(4-5-13(14)9-16)10-17-15(11-18)6-2-3-7-15/h4-5,8,17-18H,2-3,6-7,10-11H2,1H3. The van der Waals surface area contributed by atoms with Crippen molar-refractivity contribution in [3.05, 3.63) is 29.3 Å². The van der Waals surface area contributed by atoms with Gasteiger partial charge in [-0.1, -0.05) is 18.9 Å². The van der Waals surface area contributed by atoms with Crippen LogP contribution >= 0.6 is 0 Å². The van der Waals surface area contributed by atoms with E-state index in [1.54, 1.807) is 13.2 Å². The summed E-state index contributed by atoms with van der Waals surface area (Å²) in [6, 6.07) is 7.68. The Hall–Kier alpha value is -1.57. The minimum absolute atomic E-state index is 0.124. The number of benzene rings is 1. The summed E-state index contributed by atoms with van der Waals surface area (Å²) in [4.78, 5) is 0. The Morgan fingerprint density at radius 1 is 1.42 bits per heavy atom. The molecule has 0 saturated heterocycles. The molecule has 19 heavy (non-hydrogen) atoms. The van der Waals surface area contributed by atoms with Gasteiger partial charge in [0.2, 0.25) is 0 Å².